The first kappa shape index (κ1) is 29.6. The van der Waals surface area contributed by atoms with Crippen LogP contribution in [0.3, 0.4) is 0 Å². The second kappa shape index (κ2) is 12.7. The number of para-hydroxylation sites is 1. The van der Waals surface area contributed by atoms with Gasteiger partial charge in [0.05, 0.1) is 17.1 Å². The Morgan fingerprint density at radius 1 is 0.933 bits per heavy atom. The lowest BCUT2D eigenvalue weighted by Gasteiger charge is -2.20. The minimum Gasteiger partial charge on any atom is -0.406 e. The van der Waals surface area contributed by atoms with Crippen molar-refractivity contribution in [2.45, 2.75) is 12.8 Å². The van der Waals surface area contributed by atoms with Crippen LogP contribution < -0.4 is 15.0 Å². The highest BCUT2D eigenvalue weighted by Gasteiger charge is 2.32. The first-order chi connectivity index (χ1) is 21.7. The molecule has 0 saturated carbocycles. The van der Waals surface area contributed by atoms with Crippen molar-refractivity contribution >= 4 is 40.2 Å². The Labute approximate surface area is 259 Å². The van der Waals surface area contributed by atoms with E-state index in [1.165, 1.54) is 51.9 Å². The average Bonchev–Trinajstić information content (AvgIpc) is 3.65. The topological polar surface area (TPSA) is 102 Å². The van der Waals surface area contributed by atoms with Crippen LogP contribution in [0.4, 0.5) is 29.3 Å². The van der Waals surface area contributed by atoms with E-state index in [9.17, 15) is 22.8 Å². The molecule has 0 spiro atoms. The maximum atomic E-state index is 12.9. The van der Waals surface area contributed by atoms with Crippen LogP contribution >= 0.6 is 11.8 Å². The van der Waals surface area contributed by atoms with Gasteiger partial charge in [-0.1, -0.05) is 60.3 Å². The van der Waals surface area contributed by atoms with Gasteiger partial charge in [-0.2, -0.15) is 4.99 Å². The van der Waals surface area contributed by atoms with E-state index in [2.05, 4.69) is 25.1 Å². The first-order valence-electron chi connectivity index (χ1n) is 13.6. The quantitative estimate of drug-likeness (QED) is 0.207. The van der Waals surface area contributed by atoms with Crippen molar-refractivity contribution in [3.63, 3.8) is 0 Å². The molecule has 6 rings (SSSR count). The van der Waals surface area contributed by atoms with Crippen LogP contribution in [0, 0.1) is 0 Å². The Kier molecular flexibility index (Phi) is 8.34. The van der Waals surface area contributed by atoms with Crippen molar-refractivity contribution in [2.24, 2.45) is 4.99 Å². The summed E-state index contributed by atoms with van der Waals surface area (Å²) in [6.07, 6.45) is -2.72. The van der Waals surface area contributed by atoms with Crippen molar-refractivity contribution in [1.29, 1.82) is 0 Å². The fraction of sp³-hybridized carbons (Fsp3) is 0.0938. The van der Waals surface area contributed by atoms with Crippen LogP contribution in [0.1, 0.15) is 11.1 Å². The molecule has 5 aromatic rings. The molecule has 1 N–H and O–H groups in total. The predicted molar refractivity (Wildman–Crippen MR) is 166 cm³/mol. The number of nitrogens with zero attached hydrogens (tertiary/aromatic N) is 5. The summed E-state index contributed by atoms with van der Waals surface area (Å²) in [6, 6.07) is 28.8. The number of thioether (sulfide) groups is 1. The van der Waals surface area contributed by atoms with E-state index in [0.717, 1.165) is 11.1 Å². The molecule has 2 heterocycles. The summed E-state index contributed by atoms with van der Waals surface area (Å²) in [4.78, 5) is 35.8. The molecule has 45 heavy (non-hydrogen) atoms. The van der Waals surface area contributed by atoms with Gasteiger partial charge in [0.1, 0.15) is 12.1 Å². The number of urea groups is 1. The molecule has 226 valence electrons. The Balaban J connectivity index is 1.13. The van der Waals surface area contributed by atoms with Gasteiger partial charge in [-0.25, -0.2) is 14.5 Å². The molecule has 1 saturated heterocycles. The summed E-state index contributed by atoms with van der Waals surface area (Å²) in [7, 11) is 0. The molecule has 13 heteroatoms. The monoisotopic (exact) mass is 628 g/mol. The molecule has 4 aromatic carbocycles. The van der Waals surface area contributed by atoms with Crippen molar-refractivity contribution in [1.82, 2.24) is 14.8 Å². The lowest BCUT2D eigenvalue weighted by molar-refractivity contribution is -0.274. The molecular formula is C32H23F3N6O3S. The highest BCUT2D eigenvalue weighted by atomic mass is 32.2. The Bertz CT molecular complexity index is 1860. The number of rotatable bonds is 7. The van der Waals surface area contributed by atoms with Crippen LogP contribution in [-0.4, -0.2) is 44.0 Å². The van der Waals surface area contributed by atoms with Crippen LogP contribution in [0.5, 0.6) is 5.75 Å². The van der Waals surface area contributed by atoms with Crippen LogP contribution in [0.25, 0.3) is 17.1 Å². The van der Waals surface area contributed by atoms with Crippen molar-refractivity contribution in [3.05, 3.63) is 121 Å². The second-order valence-corrected chi connectivity index (χ2v) is 10.7. The van der Waals surface area contributed by atoms with Crippen LogP contribution in [0.2, 0.25) is 0 Å². The Morgan fingerprint density at radius 2 is 1.64 bits per heavy atom. The fourth-order valence-corrected chi connectivity index (χ4v) is 5.50. The standard InChI is InChI=1S/C32H23F3N6O3S/c33-32(34,35)44-26-16-14-25(15-17-26)40-20-36-29(39-40)22-10-12-24(13-11-22)37-30(43)38-31-41(28(42)19-45-31)27-9-5-4-8-23(27)18-21-6-2-1-3-7-21/h1-17,20H,18-19H2,(H,37,43). The molecular weight excluding hydrogens is 605 g/mol. The normalized spacial score (nSPS) is 14.2. The maximum Gasteiger partial charge on any atom is 0.573 e. The van der Waals surface area contributed by atoms with Crippen molar-refractivity contribution in [3.8, 4) is 22.8 Å². The van der Waals surface area contributed by atoms with E-state index in [1.807, 2.05) is 54.6 Å². The lowest BCUT2D eigenvalue weighted by Crippen LogP contribution is -2.31. The van der Waals surface area contributed by atoms with E-state index in [-0.39, 0.29) is 17.4 Å². The van der Waals surface area contributed by atoms with E-state index in [0.29, 0.717) is 40.0 Å². The molecule has 1 aromatic heterocycles. The number of aromatic nitrogens is 3. The molecule has 0 unspecified atom stereocenters. The summed E-state index contributed by atoms with van der Waals surface area (Å²) >= 11 is 1.20. The van der Waals surface area contributed by atoms with Crippen molar-refractivity contribution in [2.75, 3.05) is 16.0 Å². The molecule has 0 radical (unpaired) electrons. The molecule has 0 bridgehead atoms. The number of alkyl halides is 3. The van der Waals surface area contributed by atoms with Crippen LogP contribution in [0.15, 0.2) is 114 Å². The highest BCUT2D eigenvalue weighted by molar-refractivity contribution is 8.15. The number of hydrogen-bond donors (Lipinski definition) is 1. The number of amidine groups is 1. The molecule has 0 aliphatic carbocycles. The third-order valence-corrected chi connectivity index (χ3v) is 7.58. The number of carbonyl (C=O) groups is 2. The molecule has 1 fully saturated rings. The number of halogens is 3. The smallest absolute Gasteiger partial charge is 0.406 e. The number of amides is 3. The molecule has 9 nitrogen and oxygen atoms in total. The number of aliphatic imine (C=N–C) groups is 1. The maximum absolute atomic E-state index is 12.9. The summed E-state index contributed by atoms with van der Waals surface area (Å²) in [5.41, 5.74) is 4.33. The van der Waals surface area contributed by atoms with E-state index >= 15 is 0 Å². The average molecular weight is 629 g/mol. The summed E-state index contributed by atoms with van der Waals surface area (Å²) < 4.78 is 42.6. The zero-order chi connectivity index (χ0) is 31.4. The Morgan fingerprint density at radius 3 is 2.38 bits per heavy atom. The van der Waals surface area contributed by atoms with Gasteiger partial charge in [-0.05, 0) is 72.1 Å². The third kappa shape index (κ3) is 7.21. The minimum absolute atomic E-state index is 0.158. The number of hydrogen-bond acceptors (Lipinski definition) is 6. The molecule has 3 amide bonds. The van der Waals surface area contributed by atoms with E-state index < -0.39 is 12.4 Å². The Hall–Kier alpha value is -5.43. The van der Waals surface area contributed by atoms with Gasteiger partial charge in [0.15, 0.2) is 11.0 Å². The lowest BCUT2D eigenvalue weighted by atomic mass is 10.0. The van der Waals surface area contributed by atoms with Gasteiger partial charge in [0, 0.05) is 11.3 Å². The van der Waals surface area contributed by atoms with E-state index in [1.54, 1.807) is 24.3 Å². The molecule has 1 aliphatic heterocycles. The van der Waals surface area contributed by atoms with Crippen LogP contribution in [-0.2, 0) is 11.2 Å². The number of benzene rings is 4. The van der Waals surface area contributed by atoms with E-state index in [4.69, 9.17) is 0 Å². The SMILES string of the molecule is O=C(N=C1SCC(=O)N1c1ccccc1Cc1ccccc1)Nc1ccc(-c2ncn(-c3ccc(OC(F)(F)F)cc3)n2)cc1. The number of anilines is 2. The molecule has 0 atom stereocenters. The van der Waals surface area contributed by atoms with Gasteiger partial charge in [0.25, 0.3) is 0 Å². The first-order valence-corrected chi connectivity index (χ1v) is 14.6. The van der Waals surface area contributed by atoms with Gasteiger partial charge in [-0.15, -0.1) is 18.3 Å². The van der Waals surface area contributed by atoms with Crippen molar-refractivity contribution < 1.29 is 27.5 Å². The largest absolute Gasteiger partial charge is 0.573 e. The summed E-state index contributed by atoms with van der Waals surface area (Å²) in [6.45, 7) is 0. The zero-order valence-electron chi connectivity index (χ0n) is 23.3. The van der Waals surface area contributed by atoms with Gasteiger partial charge < -0.3 is 10.1 Å². The number of carbonyl (C=O) groups excluding carboxylic acids is 2. The minimum atomic E-state index is -4.77. The second-order valence-electron chi connectivity index (χ2n) is 9.77. The predicted octanol–water partition coefficient (Wildman–Crippen LogP) is 7.09. The zero-order valence-corrected chi connectivity index (χ0v) is 24.1. The van der Waals surface area contributed by atoms with Gasteiger partial charge in [-0.3, -0.25) is 9.69 Å². The highest BCUT2D eigenvalue weighted by Crippen LogP contribution is 2.31. The fourth-order valence-electron chi connectivity index (χ4n) is 4.64. The number of nitrogens with one attached hydrogen (secondary N) is 1. The summed E-state index contributed by atoms with van der Waals surface area (Å²) in [5, 5.41) is 7.40. The number of ether oxygens (including phenoxy) is 1. The third-order valence-electron chi connectivity index (χ3n) is 6.65. The molecule has 1 aliphatic rings. The summed E-state index contributed by atoms with van der Waals surface area (Å²) in [5.74, 6) is 0.0439. The van der Waals surface area contributed by atoms with Gasteiger partial charge >= 0.3 is 12.4 Å². The van der Waals surface area contributed by atoms with Gasteiger partial charge in [0.2, 0.25) is 5.91 Å².